The number of nitrogens with zero attached hydrogens (tertiary/aromatic N) is 2. The van der Waals surface area contributed by atoms with Crippen molar-refractivity contribution in [3.8, 4) is 11.3 Å². The Morgan fingerprint density at radius 2 is 1.94 bits per heavy atom. The van der Waals surface area contributed by atoms with Gasteiger partial charge in [-0.3, -0.25) is 0 Å². The van der Waals surface area contributed by atoms with Gasteiger partial charge in [-0.25, -0.2) is 9.97 Å². The Labute approximate surface area is 105 Å². The molecule has 0 amide bonds. The monoisotopic (exact) mass is 245 g/mol. The van der Waals surface area contributed by atoms with Crippen molar-refractivity contribution in [3.05, 3.63) is 42.4 Å². The standard InChI is InChI=1S/C13H15N3S/c1-17-11-4-2-10(3-5-11)12-7-9-15-13(16-12)6-8-14/h2-5,7,9H,6,8,14H2,1H3. The number of hydrogen-bond acceptors (Lipinski definition) is 4. The molecule has 0 fully saturated rings. The van der Waals surface area contributed by atoms with Crippen LogP contribution in [-0.2, 0) is 6.42 Å². The summed E-state index contributed by atoms with van der Waals surface area (Å²) < 4.78 is 0. The summed E-state index contributed by atoms with van der Waals surface area (Å²) in [6.07, 6.45) is 4.57. The predicted molar refractivity (Wildman–Crippen MR) is 72.0 cm³/mol. The minimum absolute atomic E-state index is 0.578. The molecule has 2 aromatic rings. The van der Waals surface area contributed by atoms with Gasteiger partial charge in [0.25, 0.3) is 0 Å². The molecule has 0 saturated carbocycles. The average Bonchev–Trinajstić information content (AvgIpc) is 2.40. The van der Waals surface area contributed by atoms with E-state index in [9.17, 15) is 0 Å². The summed E-state index contributed by atoms with van der Waals surface area (Å²) in [7, 11) is 0. The molecule has 0 atom stereocenters. The van der Waals surface area contributed by atoms with Crippen molar-refractivity contribution in [3.63, 3.8) is 0 Å². The van der Waals surface area contributed by atoms with Gasteiger partial charge in [-0.15, -0.1) is 11.8 Å². The first-order chi connectivity index (χ1) is 8.33. The molecule has 4 heteroatoms. The lowest BCUT2D eigenvalue weighted by molar-refractivity contribution is 0.869. The highest BCUT2D eigenvalue weighted by atomic mass is 32.2. The van der Waals surface area contributed by atoms with E-state index in [0.717, 1.165) is 23.5 Å². The van der Waals surface area contributed by atoms with Crippen LogP contribution in [0.15, 0.2) is 41.4 Å². The molecule has 0 aliphatic rings. The highest BCUT2D eigenvalue weighted by Gasteiger charge is 2.01. The number of benzene rings is 1. The zero-order valence-corrected chi connectivity index (χ0v) is 10.6. The van der Waals surface area contributed by atoms with E-state index < -0.39 is 0 Å². The van der Waals surface area contributed by atoms with Crippen LogP contribution in [0.2, 0.25) is 0 Å². The van der Waals surface area contributed by atoms with E-state index in [4.69, 9.17) is 5.73 Å². The number of thioether (sulfide) groups is 1. The Balaban J connectivity index is 2.28. The number of rotatable bonds is 4. The van der Waals surface area contributed by atoms with Gasteiger partial charge >= 0.3 is 0 Å². The Hall–Kier alpha value is -1.39. The van der Waals surface area contributed by atoms with Crippen LogP contribution in [-0.4, -0.2) is 22.8 Å². The van der Waals surface area contributed by atoms with Crippen molar-refractivity contribution in [2.75, 3.05) is 12.8 Å². The van der Waals surface area contributed by atoms with E-state index in [0.29, 0.717) is 6.54 Å². The maximum Gasteiger partial charge on any atom is 0.130 e. The zero-order chi connectivity index (χ0) is 12.1. The second-order valence-electron chi connectivity index (χ2n) is 3.63. The first kappa shape index (κ1) is 12.1. The van der Waals surface area contributed by atoms with Crippen LogP contribution in [0.25, 0.3) is 11.3 Å². The summed E-state index contributed by atoms with van der Waals surface area (Å²) in [6, 6.07) is 10.3. The fourth-order valence-electron chi connectivity index (χ4n) is 1.57. The van der Waals surface area contributed by atoms with Gasteiger partial charge in [0.05, 0.1) is 5.69 Å². The van der Waals surface area contributed by atoms with Gasteiger partial charge in [0, 0.05) is 23.1 Å². The molecule has 2 N–H and O–H groups in total. The molecule has 1 heterocycles. The van der Waals surface area contributed by atoms with Crippen molar-refractivity contribution in [1.82, 2.24) is 9.97 Å². The van der Waals surface area contributed by atoms with E-state index in [2.05, 4.69) is 40.5 Å². The van der Waals surface area contributed by atoms with E-state index in [-0.39, 0.29) is 0 Å². The lowest BCUT2D eigenvalue weighted by Crippen LogP contribution is -2.06. The molecule has 0 bridgehead atoms. The third kappa shape index (κ3) is 3.05. The van der Waals surface area contributed by atoms with Crippen molar-refractivity contribution in [1.29, 1.82) is 0 Å². The van der Waals surface area contributed by atoms with Crippen LogP contribution in [0, 0.1) is 0 Å². The first-order valence-electron chi connectivity index (χ1n) is 5.50. The van der Waals surface area contributed by atoms with Gasteiger partial charge in [0.15, 0.2) is 0 Å². The van der Waals surface area contributed by atoms with E-state index in [1.807, 2.05) is 6.07 Å². The maximum absolute atomic E-state index is 5.50. The Morgan fingerprint density at radius 3 is 2.59 bits per heavy atom. The largest absolute Gasteiger partial charge is 0.330 e. The molecule has 88 valence electrons. The molecule has 1 aromatic carbocycles. The molecule has 3 nitrogen and oxygen atoms in total. The fraction of sp³-hybridized carbons (Fsp3) is 0.231. The Morgan fingerprint density at radius 1 is 1.18 bits per heavy atom. The lowest BCUT2D eigenvalue weighted by Gasteiger charge is -2.04. The molecule has 0 unspecified atom stereocenters. The summed E-state index contributed by atoms with van der Waals surface area (Å²) in [4.78, 5) is 9.94. The van der Waals surface area contributed by atoms with Gasteiger partial charge in [-0.1, -0.05) is 12.1 Å². The van der Waals surface area contributed by atoms with Crippen molar-refractivity contribution in [2.24, 2.45) is 5.73 Å². The van der Waals surface area contributed by atoms with E-state index in [1.165, 1.54) is 4.90 Å². The Kier molecular flexibility index (Phi) is 4.12. The maximum atomic E-state index is 5.50. The SMILES string of the molecule is CSc1ccc(-c2ccnc(CCN)n2)cc1. The third-order valence-corrected chi connectivity index (χ3v) is 3.20. The molecular weight excluding hydrogens is 230 g/mol. The minimum Gasteiger partial charge on any atom is -0.330 e. The molecule has 0 spiro atoms. The summed E-state index contributed by atoms with van der Waals surface area (Å²) in [5.41, 5.74) is 7.57. The van der Waals surface area contributed by atoms with Crippen LogP contribution in [0.5, 0.6) is 0 Å². The van der Waals surface area contributed by atoms with Crippen LogP contribution in [0.3, 0.4) is 0 Å². The molecule has 2 rings (SSSR count). The average molecular weight is 245 g/mol. The smallest absolute Gasteiger partial charge is 0.130 e. The molecule has 0 radical (unpaired) electrons. The fourth-order valence-corrected chi connectivity index (χ4v) is 1.98. The summed E-state index contributed by atoms with van der Waals surface area (Å²) in [5, 5.41) is 0. The second-order valence-corrected chi connectivity index (χ2v) is 4.50. The first-order valence-corrected chi connectivity index (χ1v) is 6.72. The van der Waals surface area contributed by atoms with Gasteiger partial charge in [0.1, 0.15) is 5.82 Å². The molecule has 0 saturated heterocycles. The molecule has 1 aromatic heterocycles. The third-order valence-electron chi connectivity index (χ3n) is 2.46. The number of nitrogens with two attached hydrogens (primary N) is 1. The number of aromatic nitrogens is 2. The molecule has 0 aliphatic carbocycles. The van der Waals surface area contributed by atoms with E-state index in [1.54, 1.807) is 18.0 Å². The highest BCUT2D eigenvalue weighted by molar-refractivity contribution is 7.98. The Bertz CT molecular complexity index is 482. The van der Waals surface area contributed by atoms with Crippen molar-refractivity contribution < 1.29 is 0 Å². The van der Waals surface area contributed by atoms with Crippen molar-refractivity contribution in [2.45, 2.75) is 11.3 Å². The second kappa shape index (κ2) is 5.80. The van der Waals surface area contributed by atoms with Gasteiger partial charge in [0.2, 0.25) is 0 Å². The zero-order valence-electron chi connectivity index (χ0n) is 9.76. The summed E-state index contributed by atoms with van der Waals surface area (Å²) in [5.74, 6) is 0.805. The topological polar surface area (TPSA) is 51.8 Å². The van der Waals surface area contributed by atoms with Gasteiger partial charge in [-0.2, -0.15) is 0 Å². The van der Waals surface area contributed by atoms with Crippen molar-refractivity contribution >= 4 is 11.8 Å². The minimum atomic E-state index is 0.578. The normalized spacial score (nSPS) is 10.5. The van der Waals surface area contributed by atoms with Gasteiger partial charge in [-0.05, 0) is 31.0 Å². The van der Waals surface area contributed by atoms with Crippen LogP contribution in [0.4, 0.5) is 0 Å². The van der Waals surface area contributed by atoms with E-state index >= 15 is 0 Å². The quantitative estimate of drug-likeness (QED) is 0.840. The molecule has 0 aliphatic heterocycles. The summed E-state index contributed by atoms with van der Waals surface area (Å²) >= 11 is 1.73. The van der Waals surface area contributed by atoms with Crippen LogP contribution in [0.1, 0.15) is 5.82 Å². The van der Waals surface area contributed by atoms with Gasteiger partial charge < -0.3 is 5.73 Å². The van der Waals surface area contributed by atoms with Crippen LogP contribution >= 0.6 is 11.8 Å². The molecular formula is C13H15N3S. The molecule has 17 heavy (non-hydrogen) atoms. The lowest BCUT2D eigenvalue weighted by atomic mass is 10.1. The summed E-state index contributed by atoms with van der Waals surface area (Å²) in [6.45, 7) is 0.578. The highest BCUT2D eigenvalue weighted by Crippen LogP contribution is 2.21. The van der Waals surface area contributed by atoms with Crippen LogP contribution < -0.4 is 5.73 Å². The number of hydrogen-bond donors (Lipinski definition) is 1. The predicted octanol–water partition coefficient (Wildman–Crippen LogP) is 2.37.